The first-order valence-corrected chi connectivity index (χ1v) is 8.00. The Balaban J connectivity index is -0.000000116. The van der Waals surface area contributed by atoms with Crippen molar-refractivity contribution >= 4 is 35.8 Å². The molecular formula is C24H33Cl2OSiTi. The summed E-state index contributed by atoms with van der Waals surface area (Å²) in [4.78, 5) is 0. The van der Waals surface area contributed by atoms with Gasteiger partial charge in [-0.3, -0.25) is 6.08 Å². The summed E-state index contributed by atoms with van der Waals surface area (Å²) in [5.74, 6) is 0.323. The fourth-order valence-electron chi connectivity index (χ4n) is 2.48. The van der Waals surface area contributed by atoms with Crippen LogP contribution in [0.5, 0.6) is 5.75 Å². The van der Waals surface area contributed by atoms with E-state index in [0.717, 1.165) is 23.1 Å². The molecule has 5 radical (unpaired) electrons. The molecule has 0 amide bonds. The van der Waals surface area contributed by atoms with Gasteiger partial charge in [-0.2, -0.15) is 6.08 Å². The Hall–Kier alpha value is -0.769. The molecule has 1 aliphatic rings. The van der Waals surface area contributed by atoms with Gasteiger partial charge in [0, 0.05) is 11.0 Å². The molecule has 2 aromatic rings. The van der Waals surface area contributed by atoms with E-state index in [-0.39, 0.29) is 72.4 Å². The van der Waals surface area contributed by atoms with Crippen LogP contribution in [-0.4, -0.2) is 16.1 Å². The molecule has 0 heterocycles. The second-order valence-corrected chi connectivity index (χ2v) is 6.87. The van der Waals surface area contributed by atoms with Crippen LogP contribution in [0.25, 0.3) is 11.1 Å². The van der Waals surface area contributed by atoms with E-state index in [2.05, 4.69) is 45.1 Å². The number of halogens is 2. The number of phenolic OH excluding ortho intramolecular Hbond substituents is 1. The second kappa shape index (κ2) is 18.0. The van der Waals surface area contributed by atoms with E-state index in [9.17, 15) is 5.11 Å². The Labute approximate surface area is 210 Å². The SMILES string of the molecule is CC(C)(C)C1=[C-]CC=C1.Cc1cc(O)cc(-c2ccccc2)c1.Cl.Cl.[CH3-].[CH3-].[Si].[Ti+3]. The monoisotopic (exact) mass is 483 g/mol. The number of aryl methyl sites for hydroxylation is 1. The molecule has 0 unspecified atom stereocenters. The van der Waals surface area contributed by atoms with Crippen molar-refractivity contribution in [3.05, 3.63) is 92.7 Å². The van der Waals surface area contributed by atoms with Crippen molar-refractivity contribution in [1.29, 1.82) is 0 Å². The Morgan fingerprint density at radius 2 is 1.45 bits per heavy atom. The zero-order valence-electron chi connectivity index (χ0n) is 18.2. The van der Waals surface area contributed by atoms with Gasteiger partial charge in [0.1, 0.15) is 5.75 Å². The van der Waals surface area contributed by atoms with E-state index >= 15 is 0 Å². The van der Waals surface area contributed by atoms with Crippen LogP contribution < -0.4 is 0 Å². The molecule has 29 heavy (non-hydrogen) atoms. The molecule has 0 aliphatic heterocycles. The molecule has 3 rings (SSSR count). The predicted octanol–water partition coefficient (Wildman–Crippen LogP) is 7.45. The van der Waals surface area contributed by atoms with Gasteiger partial charge in [-0.1, -0.05) is 57.2 Å². The van der Waals surface area contributed by atoms with Gasteiger partial charge in [0.2, 0.25) is 0 Å². The van der Waals surface area contributed by atoms with Crippen molar-refractivity contribution in [2.75, 3.05) is 0 Å². The van der Waals surface area contributed by atoms with Gasteiger partial charge < -0.3 is 20.0 Å². The molecule has 1 nitrogen and oxygen atoms in total. The van der Waals surface area contributed by atoms with Crippen molar-refractivity contribution in [2.45, 2.75) is 34.1 Å². The van der Waals surface area contributed by atoms with Gasteiger partial charge in [-0.25, -0.2) is 11.6 Å². The minimum absolute atomic E-state index is 0. The molecule has 2 aromatic carbocycles. The predicted molar refractivity (Wildman–Crippen MR) is 131 cm³/mol. The van der Waals surface area contributed by atoms with Crippen molar-refractivity contribution in [2.24, 2.45) is 5.41 Å². The summed E-state index contributed by atoms with van der Waals surface area (Å²) in [6.07, 6.45) is 8.63. The molecule has 0 aromatic heterocycles. The molecule has 0 spiro atoms. The van der Waals surface area contributed by atoms with Gasteiger partial charge in [0.05, 0.1) is 0 Å². The number of aromatic hydroxyl groups is 1. The molecule has 1 N–H and O–H groups in total. The maximum absolute atomic E-state index is 9.46. The number of benzene rings is 2. The summed E-state index contributed by atoms with van der Waals surface area (Å²) in [5, 5.41) is 9.46. The minimum atomic E-state index is 0. The minimum Gasteiger partial charge on any atom is -0.508 e. The van der Waals surface area contributed by atoms with Gasteiger partial charge in [0.25, 0.3) is 0 Å². The quantitative estimate of drug-likeness (QED) is 0.329. The van der Waals surface area contributed by atoms with Crippen molar-refractivity contribution in [3.63, 3.8) is 0 Å². The summed E-state index contributed by atoms with van der Waals surface area (Å²) < 4.78 is 0. The Morgan fingerprint density at radius 3 is 1.83 bits per heavy atom. The van der Waals surface area contributed by atoms with E-state index in [1.165, 1.54) is 5.57 Å². The van der Waals surface area contributed by atoms with E-state index in [1.54, 1.807) is 12.1 Å². The molecule has 0 atom stereocenters. The normalized spacial score (nSPS) is 10.6. The average molecular weight is 484 g/mol. The van der Waals surface area contributed by atoms with Crippen molar-refractivity contribution < 1.29 is 26.8 Å². The summed E-state index contributed by atoms with van der Waals surface area (Å²) in [7, 11) is 0. The maximum atomic E-state index is 9.46. The average Bonchev–Trinajstić information content (AvgIpc) is 3.02. The standard InChI is InChI=1S/C13H12O.C9H13.2CH3.2ClH.Si.Ti/c1-10-7-12(9-13(14)8-10)11-5-3-2-4-6-11;1-9(2,3)8-6-4-5-7-8;;;;;;/h2-9,14H,1H3;4,6H,5H2,1-3H3;2*1H3;2*1H;;/q;3*-1;;;;+3. The number of allylic oxidation sites excluding steroid dienone is 4. The first-order chi connectivity index (χ1) is 10.9. The Morgan fingerprint density at radius 1 is 0.897 bits per heavy atom. The number of hydrogen-bond donors (Lipinski definition) is 1. The summed E-state index contributed by atoms with van der Waals surface area (Å²) in [6.45, 7) is 8.62. The Bertz CT molecular complexity index is 703. The van der Waals surface area contributed by atoms with E-state index in [0.29, 0.717) is 11.2 Å². The fourth-order valence-corrected chi connectivity index (χ4v) is 2.48. The molecule has 1 aliphatic carbocycles. The molecule has 5 heteroatoms. The molecule has 0 saturated carbocycles. The zero-order chi connectivity index (χ0) is 16.9. The number of rotatable bonds is 1. The van der Waals surface area contributed by atoms with Crippen LogP contribution in [0.1, 0.15) is 32.8 Å². The largest absolute Gasteiger partial charge is 3.00 e. The number of phenols is 1. The van der Waals surface area contributed by atoms with Crippen LogP contribution in [0.3, 0.4) is 0 Å². The maximum Gasteiger partial charge on any atom is 3.00 e. The summed E-state index contributed by atoms with van der Waals surface area (Å²) in [5.41, 5.74) is 4.91. The third-order valence-electron chi connectivity index (χ3n) is 3.67. The van der Waals surface area contributed by atoms with Crippen LogP contribution in [0.15, 0.2) is 66.3 Å². The first-order valence-electron chi connectivity index (χ1n) is 8.00. The van der Waals surface area contributed by atoms with Crippen LogP contribution in [-0.2, 0) is 21.7 Å². The van der Waals surface area contributed by atoms with Gasteiger partial charge in [0.15, 0.2) is 0 Å². The van der Waals surface area contributed by atoms with Crippen LogP contribution in [0, 0.1) is 33.3 Å². The molecular weight excluding hydrogens is 451 g/mol. The zero-order valence-corrected chi connectivity index (χ0v) is 22.4. The van der Waals surface area contributed by atoms with Gasteiger partial charge in [-0.05, 0) is 41.2 Å². The van der Waals surface area contributed by atoms with Crippen molar-refractivity contribution in [3.8, 4) is 16.9 Å². The van der Waals surface area contributed by atoms with E-state index < -0.39 is 0 Å². The Kier molecular flexibility index (Phi) is 24.1. The third kappa shape index (κ3) is 13.2. The van der Waals surface area contributed by atoms with Crippen LogP contribution in [0.2, 0.25) is 0 Å². The molecule has 0 fully saturated rings. The summed E-state index contributed by atoms with van der Waals surface area (Å²) in [6, 6.07) is 15.6. The molecule has 0 saturated heterocycles. The first kappa shape index (κ1) is 38.8. The van der Waals surface area contributed by atoms with Crippen molar-refractivity contribution in [1.82, 2.24) is 0 Å². The topological polar surface area (TPSA) is 20.2 Å². The molecule has 0 bridgehead atoms. The fraction of sp³-hybridized carbons (Fsp3) is 0.250. The number of hydrogen-bond acceptors (Lipinski definition) is 1. The van der Waals surface area contributed by atoms with Gasteiger partial charge >= 0.3 is 21.7 Å². The van der Waals surface area contributed by atoms with Crippen LogP contribution >= 0.6 is 24.8 Å². The smallest absolute Gasteiger partial charge is 0.508 e. The summed E-state index contributed by atoms with van der Waals surface area (Å²) >= 11 is 0. The molecule has 157 valence electrons. The van der Waals surface area contributed by atoms with Crippen LogP contribution in [0.4, 0.5) is 0 Å². The van der Waals surface area contributed by atoms with Gasteiger partial charge in [-0.15, -0.1) is 31.2 Å². The van der Waals surface area contributed by atoms with E-state index in [1.807, 2.05) is 37.3 Å². The third-order valence-corrected chi connectivity index (χ3v) is 3.67. The van der Waals surface area contributed by atoms with E-state index in [4.69, 9.17) is 0 Å². The second-order valence-electron chi connectivity index (χ2n) is 6.87.